The summed E-state index contributed by atoms with van der Waals surface area (Å²) < 4.78 is 0. The molecule has 1 saturated heterocycles. The maximum absolute atomic E-state index is 9.25. The third kappa shape index (κ3) is 2.38. The number of rotatable bonds is 3. The second-order valence-electron chi connectivity index (χ2n) is 5.61. The molecule has 2 aliphatic rings. The number of hydrogen-bond acceptors (Lipinski definition) is 3. The second-order valence-corrected chi connectivity index (χ2v) is 5.61. The summed E-state index contributed by atoms with van der Waals surface area (Å²) >= 11 is 0. The predicted octanol–water partition coefficient (Wildman–Crippen LogP) is 2.08. The smallest absolute Gasteiger partial charge is 0.0681 e. The molecule has 0 bridgehead atoms. The Kier molecular flexibility index (Phi) is 3.52. The van der Waals surface area contributed by atoms with Gasteiger partial charge in [-0.05, 0) is 55.5 Å². The topological polar surface area (TPSA) is 44.3 Å². The van der Waals surface area contributed by atoms with E-state index in [-0.39, 0.29) is 6.61 Å². The van der Waals surface area contributed by atoms with Gasteiger partial charge in [0.1, 0.15) is 0 Å². The van der Waals surface area contributed by atoms with Gasteiger partial charge in [0.2, 0.25) is 0 Å². The lowest BCUT2D eigenvalue weighted by molar-refractivity contribution is 0.281. The van der Waals surface area contributed by atoms with E-state index >= 15 is 0 Å². The van der Waals surface area contributed by atoms with Gasteiger partial charge in [0.15, 0.2) is 0 Å². The van der Waals surface area contributed by atoms with Crippen molar-refractivity contribution in [2.75, 3.05) is 25.0 Å². The highest BCUT2D eigenvalue weighted by atomic mass is 16.3. The Balaban J connectivity index is 1.72. The van der Waals surface area contributed by atoms with Gasteiger partial charge in [0.25, 0.3) is 0 Å². The minimum atomic E-state index is 0.144. The molecule has 1 aromatic rings. The van der Waals surface area contributed by atoms with Crippen molar-refractivity contribution in [1.82, 2.24) is 5.32 Å². The Bertz CT molecular complexity index is 413. The molecule has 3 heteroatoms. The number of anilines is 1. The molecule has 1 fully saturated rings. The maximum Gasteiger partial charge on any atom is 0.0681 e. The Morgan fingerprint density at radius 3 is 3.00 bits per heavy atom. The van der Waals surface area contributed by atoms with Crippen molar-refractivity contribution in [2.24, 2.45) is 5.92 Å². The van der Waals surface area contributed by atoms with E-state index in [0.717, 1.165) is 18.0 Å². The first kappa shape index (κ1) is 12.0. The van der Waals surface area contributed by atoms with Crippen molar-refractivity contribution in [3.8, 4) is 0 Å². The van der Waals surface area contributed by atoms with Crippen molar-refractivity contribution in [3.05, 3.63) is 29.3 Å². The lowest BCUT2D eigenvalue weighted by Crippen LogP contribution is -2.30. The quantitative estimate of drug-likeness (QED) is 0.765. The van der Waals surface area contributed by atoms with Crippen molar-refractivity contribution in [2.45, 2.75) is 31.8 Å². The molecular weight excluding hydrogens is 224 g/mol. The Labute approximate surface area is 109 Å². The van der Waals surface area contributed by atoms with Crippen LogP contribution in [0.4, 0.5) is 5.69 Å². The van der Waals surface area contributed by atoms with Gasteiger partial charge in [-0.2, -0.15) is 0 Å². The zero-order chi connectivity index (χ0) is 12.4. The molecule has 0 radical (unpaired) electrons. The third-order valence-corrected chi connectivity index (χ3v) is 4.29. The summed E-state index contributed by atoms with van der Waals surface area (Å²) in [6, 6.07) is 6.30. The molecule has 0 saturated carbocycles. The summed E-state index contributed by atoms with van der Waals surface area (Å²) in [5, 5.41) is 16.2. The van der Waals surface area contributed by atoms with Crippen LogP contribution in [0.15, 0.2) is 18.2 Å². The number of aliphatic hydroxyl groups excluding tert-OH is 1. The second kappa shape index (κ2) is 5.29. The Morgan fingerprint density at radius 1 is 1.28 bits per heavy atom. The Morgan fingerprint density at radius 2 is 2.22 bits per heavy atom. The highest BCUT2D eigenvalue weighted by molar-refractivity contribution is 5.58. The summed E-state index contributed by atoms with van der Waals surface area (Å²) in [7, 11) is 0. The maximum atomic E-state index is 9.25. The van der Waals surface area contributed by atoms with Crippen LogP contribution in [0.1, 0.15) is 36.3 Å². The number of fused-ring (bicyclic) bond motifs is 1. The van der Waals surface area contributed by atoms with Crippen molar-refractivity contribution >= 4 is 5.69 Å². The van der Waals surface area contributed by atoms with Crippen molar-refractivity contribution in [1.29, 1.82) is 0 Å². The van der Waals surface area contributed by atoms with E-state index in [0.29, 0.717) is 5.92 Å². The largest absolute Gasteiger partial charge is 0.392 e. The first-order chi connectivity index (χ1) is 8.86. The van der Waals surface area contributed by atoms with Crippen LogP contribution in [0.5, 0.6) is 0 Å². The van der Waals surface area contributed by atoms with E-state index in [1.807, 2.05) is 6.07 Å². The van der Waals surface area contributed by atoms with Gasteiger partial charge in [0, 0.05) is 18.2 Å². The van der Waals surface area contributed by atoms with Gasteiger partial charge in [-0.15, -0.1) is 0 Å². The summed E-state index contributed by atoms with van der Waals surface area (Å²) in [5.74, 6) is 1.44. The fraction of sp³-hybridized carbons (Fsp3) is 0.600. The van der Waals surface area contributed by atoms with Gasteiger partial charge in [-0.3, -0.25) is 0 Å². The molecule has 3 N–H and O–H groups in total. The monoisotopic (exact) mass is 246 g/mol. The van der Waals surface area contributed by atoms with E-state index in [1.54, 1.807) is 0 Å². The zero-order valence-electron chi connectivity index (χ0n) is 10.8. The molecule has 0 amide bonds. The molecule has 0 aliphatic carbocycles. The van der Waals surface area contributed by atoms with Gasteiger partial charge in [-0.25, -0.2) is 0 Å². The fourth-order valence-electron chi connectivity index (χ4n) is 3.29. The third-order valence-electron chi connectivity index (χ3n) is 4.29. The molecule has 1 aromatic carbocycles. The van der Waals surface area contributed by atoms with Crippen LogP contribution in [-0.2, 0) is 6.61 Å². The first-order valence-electron chi connectivity index (χ1n) is 7.05. The number of nitrogens with one attached hydrogen (secondary N) is 2. The summed E-state index contributed by atoms with van der Waals surface area (Å²) in [6.07, 6.45) is 3.94. The normalized spacial score (nSPS) is 26.7. The average molecular weight is 246 g/mol. The number of piperidine rings is 1. The van der Waals surface area contributed by atoms with Gasteiger partial charge in [-0.1, -0.05) is 12.1 Å². The van der Waals surface area contributed by atoms with E-state index in [9.17, 15) is 5.11 Å². The zero-order valence-corrected chi connectivity index (χ0v) is 10.8. The van der Waals surface area contributed by atoms with E-state index in [4.69, 9.17) is 0 Å². The molecule has 2 aliphatic heterocycles. The van der Waals surface area contributed by atoms with Crippen molar-refractivity contribution < 1.29 is 5.11 Å². The van der Waals surface area contributed by atoms with Gasteiger partial charge >= 0.3 is 0 Å². The fourth-order valence-corrected chi connectivity index (χ4v) is 3.29. The highest BCUT2D eigenvalue weighted by Crippen LogP contribution is 2.37. The van der Waals surface area contributed by atoms with Crippen LogP contribution in [-0.4, -0.2) is 24.7 Å². The van der Waals surface area contributed by atoms with Crippen molar-refractivity contribution in [3.63, 3.8) is 0 Å². The predicted molar refractivity (Wildman–Crippen MR) is 73.8 cm³/mol. The van der Waals surface area contributed by atoms with E-state index in [1.165, 1.54) is 43.6 Å². The summed E-state index contributed by atoms with van der Waals surface area (Å²) in [6.45, 7) is 3.56. The molecule has 3 nitrogen and oxygen atoms in total. The van der Waals surface area contributed by atoms with E-state index in [2.05, 4.69) is 22.8 Å². The number of aliphatic hydroxyl groups is 1. The number of benzene rings is 1. The lowest BCUT2D eigenvalue weighted by atomic mass is 9.86. The molecule has 0 aromatic heterocycles. The minimum absolute atomic E-state index is 0.144. The minimum Gasteiger partial charge on any atom is -0.392 e. The molecule has 0 spiro atoms. The Hall–Kier alpha value is -1.06. The van der Waals surface area contributed by atoms with E-state index < -0.39 is 0 Å². The SMILES string of the molecule is OCc1ccc2c(c1)C(CC1CCCNC1)CN2. The molecule has 2 heterocycles. The van der Waals surface area contributed by atoms with Crippen LogP contribution >= 0.6 is 0 Å². The lowest BCUT2D eigenvalue weighted by Gasteiger charge is -2.25. The van der Waals surface area contributed by atoms with Gasteiger partial charge in [0.05, 0.1) is 6.61 Å². The first-order valence-corrected chi connectivity index (χ1v) is 7.05. The van der Waals surface area contributed by atoms with Crippen LogP contribution < -0.4 is 10.6 Å². The van der Waals surface area contributed by atoms with Crippen LogP contribution in [0.25, 0.3) is 0 Å². The molecule has 18 heavy (non-hydrogen) atoms. The average Bonchev–Trinajstić information content (AvgIpc) is 2.82. The van der Waals surface area contributed by atoms with Gasteiger partial charge < -0.3 is 15.7 Å². The molecule has 98 valence electrons. The number of hydrogen-bond donors (Lipinski definition) is 3. The van der Waals surface area contributed by atoms with Crippen LogP contribution in [0.3, 0.4) is 0 Å². The molecule has 2 atom stereocenters. The summed E-state index contributed by atoms with van der Waals surface area (Å²) in [5.41, 5.74) is 3.71. The highest BCUT2D eigenvalue weighted by Gasteiger charge is 2.26. The molecular formula is C15H22N2O. The standard InChI is InChI=1S/C15H22N2O/c18-10-12-3-4-15-14(7-12)13(9-17-15)6-11-2-1-5-16-8-11/h3-4,7,11,13,16-18H,1-2,5-6,8-10H2. The molecule has 3 rings (SSSR count). The van der Waals surface area contributed by atoms with Crippen LogP contribution in [0, 0.1) is 5.92 Å². The molecule has 2 unspecified atom stereocenters. The van der Waals surface area contributed by atoms with Crippen LogP contribution in [0.2, 0.25) is 0 Å². The summed E-state index contributed by atoms with van der Waals surface area (Å²) in [4.78, 5) is 0.